The minimum Gasteiger partial charge on any atom is -0.267 e. The lowest BCUT2D eigenvalue weighted by Crippen LogP contribution is -2.13. The Labute approximate surface area is 110 Å². The second-order valence-corrected chi connectivity index (χ2v) is 4.60. The third kappa shape index (κ3) is 1.91. The van der Waals surface area contributed by atoms with Gasteiger partial charge in [0.05, 0.1) is 5.52 Å². The van der Waals surface area contributed by atoms with E-state index in [0.29, 0.717) is 5.56 Å². The van der Waals surface area contributed by atoms with Crippen LogP contribution in [0.2, 0.25) is 0 Å². The zero-order valence-electron chi connectivity index (χ0n) is 10.8. The molecule has 0 radical (unpaired) electrons. The summed E-state index contributed by atoms with van der Waals surface area (Å²) in [5.74, 6) is -0.161. The van der Waals surface area contributed by atoms with Gasteiger partial charge in [0, 0.05) is 5.56 Å². The maximum Gasteiger partial charge on any atom is 0.280 e. The summed E-state index contributed by atoms with van der Waals surface area (Å²) in [5, 5.41) is 8.03. The average molecular weight is 251 g/mol. The van der Waals surface area contributed by atoms with Gasteiger partial charge in [0.1, 0.15) is 5.52 Å². The Kier molecular flexibility index (Phi) is 2.63. The molecule has 4 nitrogen and oxygen atoms in total. The lowest BCUT2D eigenvalue weighted by Gasteiger charge is -2.03. The molecule has 0 fully saturated rings. The molecule has 1 heterocycles. The number of aryl methyl sites for hydroxylation is 2. The number of carbonyl (C=O) groups excluding carboxylic acids is 1. The average Bonchev–Trinajstić information content (AvgIpc) is 2.82. The van der Waals surface area contributed by atoms with Gasteiger partial charge in [0.25, 0.3) is 5.91 Å². The summed E-state index contributed by atoms with van der Waals surface area (Å²) >= 11 is 0. The van der Waals surface area contributed by atoms with Crippen LogP contribution < -0.4 is 0 Å². The fourth-order valence-corrected chi connectivity index (χ4v) is 2.03. The Morgan fingerprint density at radius 3 is 2.47 bits per heavy atom. The van der Waals surface area contributed by atoms with E-state index in [1.807, 2.05) is 44.2 Å². The van der Waals surface area contributed by atoms with Crippen molar-refractivity contribution in [2.24, 2.45) is 0 Å². The van der Waals surface area contributed by atoms with Crippen LogP contribution in [0.5, 0.6) is 0 Å². The number of benzene rings is 2. The van der Waals surface area contributed by atoms with E-state index in [0.717, 1.165) is 22.2 Å². The molecule has 0 amide bonds. The van der Waals surface area contributed by atoms with Crippen molar-refractivity contribution in [1.29, 1.82) is 0 Å². The van der Waals surface area contributed by atoms with Crippen LogP contribution in [-0.2, 0) is 0 Å². The number of aromatic nitrogens is 3. The monoisotopic (exact) mass is 251 g/mol. The Balaban J connectivity index is 2.16. The molecular formula is C15H13N3O. The zero-order chi connectivity index (χ0) is 13.4. The second-order valence-electron chi connectivity index (χ2n) is 4.60. The highest BCUT2D eigenvalue weighted by atomic mass is 16.2. The lowest BCUT2D eigenvalue weighted by molar-refractivity contribution is 0.0948. The minimum absolute atomic E-state index is 0.161. The largest absolute Gasteiger partial charge is 0.280 e. The maximum absolute atomic E-state index is 12.4. The molecule has 0 aliphatic heterocycles. The van der Waals surface area contributed by atoms with Gasteiger partial charge in [0.15, 0.2) is 0 Å². The predicted molar refractivity (Wildman–Crippen MR) is 73.2 cm³/mol. The van der Waals surface area contributed by atoms with Gasteiger partial charge in [-0.1, -0.05) is 23.4 Å². The smallest absolute Gasteiger partial charge is 0.267 e. The zero-order valence-corrected chi connectivity index (χ0v) is 10.8. The number of hydrogen-bond donors (Lipinski definition) is 0. The molecule has 0 aliphatic rings. The van der Waals surface area contributed by atoms with E-state index in [1.165, 1.54) is 4.68 Å². The first-order valence-electron chi connectivity index (χ1n) is 6.09. The first kappa shape index (κ1) is 11.6. The SMILES string of the molecule is Cc1cc2nnn(C(=O)c3ccccc3)c2cc1C. The molecule has 3 aromatic rings. The number of hydrogen-bond acceptors (Lipinski definition) is 3. The highest BCUT2D eigenvalue weighted by molar-refractivity contribution is 6.00. The Morgan fingerprint density at radius 2 is 1.74 bits per heavy atom. The molecule has 0 unspecified atom stereocenters. The van der Waals surface area contributed by atoms with Crippen molar-refractivity contribution < 1.29 is 4.79 Å². The van der Waals surface area contributed by atoms with E-state index >= 15 is 0 Å². The lowest BCUT2D eigenvalue weighted by atomic mass is 10.1. The van der Waals surface area contributed by atoms with Gasteiger partial charge in [0.2, 0.25) is 0 Å². The number of rotatable bonds is 1. The van der Waals surface area contributed by atoms with Gasteiger partial charge < -0.3 is 0 Å². The summed E-state index contributed by atoms with van der Waals surface area (Å²) in [4.78, 5) is 12.4. The van der Waals surface area contributed by atoms with Crippen molar-refractivity contribution in [2.45, 2.75) is 13.8 Å². The molecule has 19 heavy (non-hydrogen) atoms. The van der Waals surface area contributed by atoms with Crippen LogP contribution in [0.1, 0.15) is 21.5 Å². The fraction of sp³-hybridized carbons (Fsp3) is 0.133. The molecule has 4 heteroatoms. The molecule has 0 N–H and O–H groups in total. The van der Waals surface area contributed by atoms with Gasteiger partial charge >= 0.3 is 0 Å². The van der Waals surface area contributed by atoms with Crippen molar-refractivity contribution in [1.82, 2.24) is 15.0 Å². The first-order valence-corrected chi connectivity index (χ1v) is 6.09. The molecule has 3 rings (SSSR count). The summed E-state index contributed by atoms with van der Waals surface area (Å²) < 4.78 is 1.36. The first-order chi connectivity index (χ1) is 9.16. The topological polar surface area (TPSA) is 47.8 Å². The van der Waals surface area contributed by atoms with E-state index in [1.54, 1.807) is 12.1 Å². The van der Waals surface area contributed by atoms with Gasteiger partial charge in [-0.2, -0.15) is 4.68 Å². The van der Waals surface area contributed by atoms with Crippen LogP contribution in [0, 0.1) is 13.8 Å². The standard InChI is InChI=1S/C15H13N3O/c1-10-8-13-14(9-11(10)2)18(17-16-13)15(19)12-6-4-3-5-7-12/h3-9H,1-2H3. The summed E-state index contributed by atoms with van der Waals surface area (Å²) in [7, 11) is 0. The van der Waals surface area contributed by atoms with Crippen molar-refractivity contribution in [3.05, 3.63) is 59.2 Å². The number of carbonyl (C=O) groups is 1. The maximum atomic E-state index is 12.4. The van der Waals surface area contributed by atoms with Crippen molar-refractivity contribution in [3.8, 4) is 0 Å². The van der Waals surface area contributed by atoms with E-state index in [-0.39, 0.29) is 5.91 Å². The number of fused-ring (bicyclic) bond motifs is 1. The number of nitrogens with zero attached hydrogens (tertiary/aromatic N) is 3. The molecule has 0 saturated carbocycles. The van der Waals surface area contributed by atoms with Crippen LogP contribution in [0.3, 0.4) is 0 Å². The van der Waals surface area contributed by atoms with E-state index in [9.17, 15) is 4.79 Å². The normalized spacial score (nSPS) is 10.8. The fourth-order valence-electron chi connectivity index (χ4n) is 2.03. The van der Waals surface area contributed by atoms with Crippen molar-refractivity contribution in [2.75, 3.05) is 0 Å². The summed E-state index contributed by atoms with van der Waals surface area (Å²) in [6, 6.07) is 13.0. The van der Waals surface area contributed by atoms with Crippen molar-refractivity contribution in [3.63, 3.8) is 0 Å². The molecule has 0 aliphatic carbocycles. The Bertz CT molecular complexity index is 760. The summed E-state index contributed by atoms with van der Waals surface area (Å²) in [5.41, 5.74) is 4.36. The summed E-state index contributed by atoms with van der Waals surface area (Å²) in [6.07, 6.45) is 0. The van der Waals surface area contributed by atoms with Gasteiger partial charge in [-0.05, 0) is 49.2 Å². The highest BCUT2D eigenvalue weighted by Crippen LogP contribution is 2.18. The molecule has 0 saturated heterocycles. The van der Waals surface area contributed by atoms with Crippen LogP contribution >= 0.6 is 0 Å². The van der Waals surface area contributed by atoms with Gasteiger partial charge in [-0.3, -0.25) is 4.79 Å². The quantitative estimate of drug-likeness (QED) is 0.668. The minimum atomic E-state index is -0.161. The predicted octanol–water partition coefficient (Wildman–Crippen LogP) is 2.74. The van der Waals surface area contributed by atoms with Crippen LogP contribution in [0.4, 0.5) is 0 Å². The van der Waals surface area contributed by atoms with Gasteiger partial charge in [-0.25, -0.2) is 0 Å². The van der Waals surface area contributed by atoms with Crippen molar-refractivity contribution >= 4 is 16.9 Å². The molecular weight excluding hydrogens is 238 g/mol. The van der Waals surface area contributed by atoms with E-state index < -0.39 is 0 Å². The molecule has 94 valence electrons. The molecule has 1 aromatic heterocycles. The summed E-state index contributed by atoms with van der Waals surface area (Å²) in [6.45, 7) is 4.03. The second kappa shape index (κ2) is 4.31. The Morgan fingerprint density at radius 1 is 1.05 bits per heavy atom. The molecule has 0 bridgehead atoms. The molecule has 0 atom stereocenters. The van der Waals surface area contributed by atoms with E-state index in [2.05, 4.69) is 10.3 Å². The third-order valence-electron chi connectivity index (χ3n) is 3.27. The Hall–Kier alpha value is -2.49. The third-order valence-corrected chi connectivity index (χ3v) is 3.27. The van der Waals surface area contributed by atoms with E-state index in [4.69, 9.17) is 0 Å². The highest BCUT2D eigenvalue weighted by Gasteiger charge is 2.14. The molecule has 2 aromatic carbocycles. The van der Waals surface area contributed by atoms with Crippen LogP contribution in [0.25, 0.3) is 11.0 Å². The molecule has 0 spiro atoms. The van der Waals surface area contributed by atoms with Crippen LogP contribution in [0.15, 0.2) is 42.5 Å². The van der Waals surface area contributed by atoms with Crippen LogP contribution in [-0.4, -0.2) is 20.9 Å². The van der Waals surface area contributed by atoms with Gasteiger partial charge in [-0.15, -0.1) is 5.10 Å².